The van der Waals surface area contributed by atoms with Gasteiger partial charge in [-0.25, -0.2) is 4.98 Å². The number of rotatable bonds is 7. The Bertz CT molecular complexity index is 641. The number of hydrogen-bond donors (Lipinski definition) is 1. The van der Waals surface area contributed by atoms with Crippen LogP contribution in [-0.4, -0.2) is 27.4 Å². The molecule has 0 aliphatic rings. The van der Waals surface area contributed by atoms with Gasteiger partial charge in [-0.05, 0) is 38.1 Å². The van der Waals surface area contributed by atoms with E-state index in [1.54, 1.807) is 11.3 Å². The summed E-state index contributed by atoms with van der Waals surface area (Å²) < 4.78 is 3.25. The summed E-state index contributed by atoms with van der Waals surface area (Å²) in [5, 5.41) is 8.98. The number of aromatic nitrogens is 3. The second-order valence-electron chi connectivity index (χ2n) is 5.26. The summed E-state index contributed by atoms with van der Waals surface area (Å²) in [6.07, 6.45) is 5.90. The van der Waals surface area contributed by atoms with Crippen LogP contribution in [0.1, 0.15) is 18.4 Å². The Labute approximate surface area is 128 Å². The number of aryl methyl sites for hydroxylation is 1. The van der Waals surface area contributed by atoms with Gasteiger partial charge in [0.25, 0.3) is 0 Å². The molecule has 0 aliphatic carbocycles. The fourth-order valence-corrected chi connectivity index (χ4v) is 3.46. The van der Waals surface area contributed by atoms with Crippen LogP contribution in [0.15, 0.2) is 42.7 Å². The van der Waals surface area contributed by atoms with Gasteiger partial charge in [0.15, 0.2) is 0 Å². The maximum atomic E-state index is 4.69. The summed E-state index contributed by atoms with van der Waals surface area (Å²) in [7, 11) is 0. The second kappa shape index (κ2) is 6.83. The van der Waals surface area contributed by atoms with Crippen LogP contribution in [0, 0.1) is 0 Å². The van der Waals surface area contributed by atoms with Crippen molar-refractivity contribution in [2.75, 3.05) is 6.54 Å². The van der Waals surface area contributed by atoms with Crippen LogP contribution in [0.3, 0.4) is 0 Å². The van der Waals surface area contributed by atoms with Crippen molar-refractivity contribution in [3.05, 3.63) is 47.7 Å². The Balaban J connectivity index is 1.44. The Hall–Kier alpha value is -1.72. The van der Waals surface area contributed by atoms with Gasteiger partial charge in [-0.1, -0.05) is 12.1 Å². The first-order valence-electron chi connectivity index (χ1n) is 7.36. The average molecular weight is 300 g/mol. The van der Waals surface area contributed by atoms with Gasteiger partial charge in [0, 0.05) is 31.4 Å². The van der Waals surface area contributed by atoms with E-state index in [-0.39, 0.29) is 0 Å². The lowest BCUT2D eigenvalue weighted by molar-refractivity contribution is 0.494. The molecule has 3 rings (SSSR count). The highest BCUT2D eigenvalue weighted by Crippen LogP contribution is 2.22. The Morgan fingerprint density at radius 2 is 2.19 bits per heavy atom. The largest absolute Gasteiger partial charge is 0.314 e. The number of nitrogens with one attached hydrogen (secondary N) is 1. The zero-order valence-corrected chi connectivity index (χ0v) is 13.0. The molecule has 2 heterocycles. The van der Waals surface area contributed by atoms with Gasteiger partial charge in [0.05, 0.1) is 15.2 Å². The van der Waals surface area contributed by atoms with E-state index >= 15 is 0 Å². The van der Waals surface area contributed by atoms with E-state index < -0.39 is 0 Å². The van der Waals surface area contributed by atoms with Crippen molar-refractivity contribution >= 4 is 21.6 Å². The third-order valence-electron chi connectivity index (χ3n) is 3.43. The lowest BCUT2D eigenvalue weighted by atomic mass is 10.2. The molecule has 21 heavy (non-hydrogen) atoms. The van der Waals surface area contributed by atoms with Gasteiger partial charge >= 0.3 is 0 Å². The quantitative estimate of drug-likeness (QED) is 0.682. The predicted octanol–water partition coefficient (Wildman–Crippen LogP) is 3.10. The molecule has 3 aromatic rings. The normalized spacial score (nSPS) is 12.8. The lowest BCUT2D eigenvalue weighted by Gasteiger charge is -2.12. The number of fused-ring (bicyclic) bond motifs is 1. The molecule has 4 nitrogen and oxygen atoms in total. The Morgan fingerprint density at radius 3 is 3.00 bits per heavy atom. The van der Waals surface area contributed by atoms with E-state index in [2.05, 4.69) is 40.5 Å². The number of benzene rings is 1. The van der Waals surface area contributed by atoms with Crippen molar-refractivity contribution in [3.8, 4) is 0 Å². The van der Waals surface area contributed by atoms with Crippen LogP contribution in [0.4, 0.5) is 0 Å². The third-order valence-corrected chi connectivity index (χ3v) is 4.49. The third kappa shape index (κ3) is 3.89. The monoisotopic (exact) mass is 300 g/mol. The summed E-state index contributed by atoms with van der Waals surface area (Å²) in [5.41, 5.74) is 1.11. The van der Waals surface area contributed by atoms with Crippen molar-refractivity contribution in [2.45, 2.75) is 32.4 Å². The van der Waals surface area contributed by atoms with Crippen molar-refractivity contribution < 1.29 is 0 Å². The van der Waals surface area contributed by atoms with E-state index in [0.29, 0.717) is 6.04 Å². The first-order valence-corrected chi connectivity index (χ1v) is 8.18. The second-order valence-corrected chi connectivity index (χ2v) is 6.37. The first-order chi connectivity index (χ1) is 10.3. The van der Waals surface area contributed by atoms with Crippen LogP contribution in [-0.2, 0) is 13.0 Å². The number of para-hydroxylation sites is 1. The molecule has 0 saturated carbocycles. The maximum Gasteiger partial charge on any atom is 0.0954 e. The highest BCUT2D eigenvalue weighted by molar-refractivity contribution is 7.18. The molecule has 0 unspecified atom stereocenters. The van der Waals surface area contributed by atoms with Crippen molar-refractivity contribution in [3.63, 3.8) is 0 Å². The highest BCUT2D eigenvalue weighted by atomic mass is 32.1. The van der Waals surface area contributed by atoms with Crippen LogP contribution < -0.4 is 5.32 Å². The first kappa shape index (κ1) is 14.2. The number of thiazole rings is 1. The molecule has 110 valence electrons. The van der Waals surface area contributed by atoms with E-state index in [1.807, 2.05) is 29.2 Å². The molecule has 0 spiro atoms. The van der Waals surface area contributed by atoms with Gasteiger partial charge in [-0.3, -0.25) is 4.68 Å². The van der Waals surface area contributed by atoms with Gasteiger partial charge in [-0.2, -0.15) is 5.10 Å². The minimum Gasteiger partial charge on any atom is -0.314 e. The fraction of sp³-hybridized carbons (Fsp3) is 0.375. The highest BCUT2D eigenvalue weighted by Gasteiger charge is 2.07. The van der Waals surface area contributed by atoms with E-state index in [9.17, 15) is 0 Å². The summed E-state index contributed by atoms with van der Waals surface area (Å²) in [5.74, 6) is 0. The molecule has 1 aromatic carbocycles. The van der Waals surface area contributed by atoms with Crippen molar-refractivity contribution in [1.82, 2.24) is 20.1 Å². The fourth-order valence-electron chi connectivity index (χ4n) is 2.36. The summed E-state index contributed by atoms with van der Waals surface area (Å²) in [6.45, 7) is 4.19. The molecule has 0 bridgehead atoms. The molecule has 0 amide bonds. The zero-order chi connectivity index (χ0) is 14.5. The van der Waals surface area contributed by atoms with E-state index in [4.69, 9.17) is 0 Å². The van der Waals surface area contributed by atoms with E-state index in [1.165, 1.54) is 9.71 Å². The smallest absolute Gasteiger partial charge is 0.0954 e. The van der Waals surface area contributed by atoms with Gasteiger partial charge in [0.1, 0.15) is 0 Å². The van der Waals surface area contributed by atoms with Crippen LogP contribution in [0.5, 0.6) is 0 Å². The molecule has 2 aromatic heterocycles. The SMILES string of the molecule is C[C@H](Cc1nc2ccccc2s1)NCCCn1cccn1. The molecule has 0 saturated heterocycles. The molecular weight excluding hydrogens is 280 g/mol. The van der Waals surface area contributed by atoms with Gasteiger partial charge in [0.2, 0.25) is 0 Å². The average Bonchev–Trinajstić information content (AvgIpc) is 3.12. The molecule has 1 atom stereocenters. The minimum absolute atomic E-state index is 0.447. The number of nitrogens with zero attached hydrogens (tertiary/aromatic N) is 3. The Morgan fingerprint density at radius 1 is 1.29 bits per heavy atom. The molecule has 0 radical (unpaired) electrons. The predicted molar refractivity (Wildman–Crippen MR) is 87.6 cm³/mol. The number of hydrogen-bond acceptors (Lipinski definition) is 4. The van der Waals surface area contributed by atoms with Crippen LogP contribution in [0.25, 0.3) is 10.2 Å². The van der Waals surface area contributed by atoms with Crippen LogP contribution >= 0.6 is 11.3 Å². The molecular formula is C16H20N4S. The summed E-state index contributed by atoms with van der Waals surface area (Å²) in [4.78, 5) is 4.69. The van der Waals surface area contributed by atoms with Crippen LogP contribution in [0.2, 0.25) is 0 Å². The summed E-state index contributed by atoms with van der Waals surface area (Å²) in [6, 6.07) is 10.7. The standard InChI is InChI=1S/C16H20N4S/c1-13(17-8-4-10-20-11-5-9-18-20)12-16-19-14-6-2-3-7-15(14)21-16/h2-3,5-7,9,11,13,17H,4,8,10,12H2,1H3/t13-/m1/s1. The lowest BCUT2D eigenvalue weighted by Crippen LogP contribution is -2.29. The molecule has 5 heteroatoms. The van der Waals surface area contributed by atoms with Crippen molar-refractivity contribution in [2.24, 2.45) is 0 Å². The molecule has 0 aliphatic heterocycles. The maximum absolute atomic E-state index is 4.69. The molecule has 0 fully saturated rings. The zero-order valence-electron chi connectivity index (χ0n) is 12.2. The van der Waals surface area contributed by atoms with Gasteiger partial charge in [-0.15, -0.1) is 11.3 Å². The van der Waals surface area contributed by atoms with Gasteiger partial charge < -0.3 is 5.32 Å². The Kier molecular flexibility index (Phi) is 4.62. The minimum atomic E-state index is 0.447. The van der Waals surface area contributed by atoms with Crippen molar-refractivity contribution in [1.29, 1.82) is 0 Å². The summed E-state index contributed by atoms with van der Waals surface area (Å²) >= 11 is 1.80. The molecule has 1 N–H and O–H groups in total. The van der Waals surface area contributed by atoms with E-state index in [0.717, 1.165) is 31.4 Å². The topological polar surface area (TPSA) is 42.7 Å².